The van der Waals surface area contributed by atoms with Crippen LogP contribution in [0.3, 0.4) is 0 Å². The normalized spacial score (nSPS) is 22.2. The molecule has 0 aromatic carbocycles. The van der Waals surface area contributed by atoms with Gasteiger partial charge in [0, 0.05) is 36.7 Å². The summed E-state index contributed by atoms with van der Waals surface area (Å²) < 4.78 is 0. The maximum absolute atomic E-state index is 12.5. The number of hydrogen-bond donors (Lipinski definition) is 2. The van der Waals surface area contributed by atoms with Crippen LogP contribution >= 0.6 is 34.5 Å². The van der Waals surface area contributed by atoms with E-state index in [0.29, 0.717) is 34.7 Å². The van der Waals surface area contributed by atoms with Gasteiger partial charge in [0.25, 0.3) is 5.91 Å². The molecular formula is C18H19Cl2LiN4O3S. The summed E-state index contributed by atoms with van der Waals surface area (Å²) >= 11 is 13.3. The van der Waals surface area contributed by atoms with Crippen molar-refractivity contribution in [3.8, 4) is 0 Å². The molecule has 2 aromatic rings. The minimum absolute atomic E-state index is 0. The molecule has 1 saturated carbocycles. The molecule has 2 aromatic heterocycles. The fraction of sp³-hybridized carbons (Fsp3) is 0.500. The monoisotopic (exact) mass is 448 g/mol. The van der Waals surface area contributed by atoms with E-state index in [2.05, 4.69) is 20.2 Å². The summed E-state index contributed by atoms with van der Waals surface area (Å²) in [6.45, 7) is 5.22. The molecule has 0 radical (unpaired) electrons. The van der Waals surface area contributed by atoms with E-state index in [1.165, 1.54) is 11.3 Å². The number of carboxylic acids is 1. The van der Waals surface area contributed by atoms with Crippen LogP contribution in [-0.2, 0) is 6.42 Å². The quantitative estimate of drug-likeness (QED) is 0.567. The third kappa shape index (κ3) is 4.06. The van der Waals surface area contributed by atoms with E-state index >= 15 is 0 Å². The van der Waals surface area contributed by atoms with Crippen LogP contribution in [-0.4, -0.2) is 41.0 Å². The topological polar surface area (TPSA) is 101 Å². The van der Waals surface area contributed by atoms with Gasteiger partial charge in [-0.15, -0.1) is 0 Å². The third-order valence-electron chi connectivity index (χ3n) is 5.40. The molecule has 150 valence electrons. The molecule has 2 N–H and O–H groups in total. The van der Waals surface area contributed by atoms with Gasteiger partial charge in [0.15, 0.2) is 5.13 Å². The average molecular weight is 449 g/mol. The largest absolute Gasteiger partial charge is 1.00 e. The number of hydrogen-bond acceptors (Lipinski definition) is 6. The van der Waals surface area contributed by atoms with Gasteiger partial charge in [0.1, 0.15) is 5.69 Å². The second-order valence-corrected chi connectivity index (χ2v) is 9.03. The molecule has 0 spiro atoms. The number of thiazole rings is 1. The number of amides is 1. The molecule has 29 heavy (non-hydrogen) atoms. The Bertz CT molecular complexity index is 951. The van der Waals surface area contributed by atoms with Crippen LogP contribution in [0, 0.1) is 18.8 Å². The number of nitrogens with one attached hydrogen (secondary N) is 2. The van der Waals surface area contributed by atoms with Gasteiger partial charge in [-0.2, -0.15) is 0 Å². The van der Waals surface area contributed by atoms with Crippen LogP contribution in [0.15, 0.2) is 0 Å². The molecule has 11 heteroatoms. The maximum Gasteiger partial charge on any atom is 1.00 e. The number of carbonyl (C=O) groups is 2. The summed E-state index contributed by atoms with van der Waals surface area (Å²) in [6.07, 6.45) is 1.45. The molecule has 1 amide bonds. The van der Waals surface area contributed by atoms with Crippen LogP contribution in [0.2, 0.25) is 10.0 Å². The van der Waals surface area contributed by atoms with Crippen LogP contribution in [0.4, 0.5) is 5.13 Å². The zero-order valence-corrected chi connectivity index (χ0v) is 18.7. The number of aromatic amines is 1. The maximum atomic E-state index is 12.5. The van der Waals surface area contributed by atoms with Crippen LogP contribution in [0.1, 0.15) is 44.9 Å². The van der Waals surface area contributed by atoms with Crippen molar-refractivity contribution >= 4 is 51.5 Å². The Morgan fingerprint density at radius 1 is 1.31 bits per heavy atom. The van der Waals surface area contributed by atoms with Crippen molar-refractivity contribution in [2.45, 2.75) is 32.7 Å². The summed E-state index contributed by atoms with van der Waals surface area (Å²) in [6, 6.07) is 0.0814. The number of piperidine rings is 1. The van der Waals surface area contributed by atoms with Crippen molar-refractivity contribution in [2.24, 2.45) is 11.8 Å². The molecule has 1 aliphatic carbocycles. The molecule has 1 aliphatic heterocycles. The Morgan fingerprint density at radius 3 is 2.48 bits per heavy atom. The van der Waals surface area contributed by atoms with Gasteiger partial charge in [-0.05, 0) is 13.3 Å². The molecule has 4 rings (SSSR count). The Hall–Kier alpha value is -1.17. The van der Waals surface area contributed by atoms with Gasteiger partial charge >= 0.3 is 18.9 Å². The third-order valence-corrected chi connectivity index (χ3v) is 7.49. The summed E-state index contributed by atoms with van der Waals surface area (Å²) in [5, 5.41) is 15.7. The number of carbonyl (C=O) groups excluding carboxylic acids is 2. The summed E-state index contributed by atoms with van der Waals surface area (Å²) in [4.78, 5) is 33.6. The fourth-order valence-electron chi connectivity index (χ4n) is 3.89. The smallest absolute Gasteiger partial charge is 0.544 e. The molecule has 2 aliphatic rings. The van der Waals surface area contributed by atoms with Gasteiger partial charge in [0.2, 0.25) is 0 Å². The first-order valence-electron chi connectivity index (χ1n) is 9.12. The molecule has 3 heterocycles. The zero-order chi connectivity index (χ0) is 20.2. The number of aromatic nitrogens is 2. The molecule has 2 fully saturated rings. The predicted molar refractivity (Wildman–Crippen MR) is 106 cm³/mol. The van der Waals surface area contributed by atoms with E-state index in [1.807, 2.05) is 6.92 Å². The number of H-pyrrole nitrogens is 1. The van der Waals surface area contributed by atoms with Gasteiger partial charge < -0.3 is 25.1 Å². The standard InChI is InChI=1S/C18H20Cl2N4O3S.Li/c1-3-4-10-15(17(26)27)28-18(22-10)24-5-8-9(6-24)13(8)23-16(25)14-12(20)11(19)7(2)21-14;/h8-9,13,21H,3-6H2,1-2H3,(H,23,25)(H,26,27);/q;+1/p-1/t8-,9+,13-;. The van der Waals surface area contributed by atoms with Crippen LogP contribution in [0.5, 0.6) is 0 Å². The first-order chi connectivity index (χ1) is 13.3. The van der Waals surface area contributed by atoms with Crippen LogP contribution in [0.25, 0.3) is 0 Å². The first kappa shape index (κ1) is 22.5. The minimum atomic E-state index is -1.17. The minimum Gasteiger partial charge on any atom is -0.544 e. The molecule has 1 saturated heterocycles. The number of carboxylic acid groups (broad SMARTS) is 1. The number of nitrogens with zero attached hydrogens (tertiary/aromatic N) is 2. The second-order valence-electron chi connectivity index (χ2n) is 7.29. The molecule has 3 atom stereocenters. The summed E-state index contributed by atoms with van der Waals surface area (Å²) in [5.41, 5.74) is 1.55. The van der Waals surface area contributed by atoms with E-state index in [0.717, 1.165) is 24.6 Å². The number of aryl methyl sites for hydroxylation is 2. The SMILES string of the molecule is CCCc1nc(N2C[C@@H]3[C@H](C2)[C@@H]3NC(=O)c2[nH]c(C)c(Cl)c2Cl)sc1C(=O)[O-].[Li+]. The second kappa shape index (κ2) is 8.52. The number of halogens is 2. The van der Waals surface area contributed by atoms with E-state index in [9.17, 15) is 14.7 Å². The van der Waals surface area contributed by atoms with Crippen molar-refractivity contribution < 1.29 is 33.6 Å². The van der Waals surface area contributed by atoms with Crippen molar-refractivity contribution in [1.29, 1.82) is 0 Å². The Labute approximate surface area is 194 Å². The Morgan fingerprint density at radius 2 is 1.97 bits per heavy atom. The number of rotatable bonds is 6. The number of aromatic carboxylic acids is 1. The Balaban J connectivity index is 0.00000240. The van der Waals surface area contributed by atoms with Gasteiger partial charge in [-0.1, -0.05) is 47.9 Å². The number of anilines is 1. The van der Waals surface area contributed by atoms with Gasteiger partial charge in [-0.3, -0.25) is 4.79 Å². The van der Waals surface area contributed by atoms with Gasteiger partial charge in [-0.25, -0.2) is 4.98 Å². The van der Waals surface area contributed by atoms with E-state index in [1.54, 1.807) is 6.92 Å². The molecule has 0 bridgehead atoms. The van der Waals surface area contributed by atoms with Crippen molar-refractivity contribution in [1.82, 2.24) is 15.3 Å². The van der Waals surface area contributed by atoms with Gasteiger partial charge in [0.05, 0.1) is 26.6 Å². The zero-order valence-electron chi connectivity index (χ0n) is 16.3. The summed E-state index contributed by atoms with van der Waals surface area (Å²) in [5.74, 6) is -0.790. The molecule has 0 unspecified atom stereocenters. The van der Waals surface area contributed by atoms with E-state index in [-0.39, 0.29) is 46.4 Å². The van der Waals surface area contributed by atoms with Crippen molar-refractivity contribution in [3.05, 3.63) is 32.0 Å². The molecular weight excluding hydrogens is 430 g/mol. The predicted octanol–water partition coefficient (Wildman–Crippen LogP) is -0.729. The summed E-state index contributed by atoms with van der Waals surface area (Å²) in [7, 11) is 0. The van der Waals surface area contributed by atoms with E-state index in [4.69, 9.17) is 23.2 Å². The first-order valence-corrected chi connectivity index (χ1v) is 10.7. The Kier molecular flexibility index (Phi) is 6.61. The molecule has 7 nitrogen and oxygen atoms in total. The van der Waals surface area contributed by atoms with Crippen molar-refractivity contribution in [3.63, 3.8) is 0 Å². The number of fused-ring (bicyclic) bond motifs is 1. The van der Waals surface area contributed by atoms with E-state index < -0.39 is 5.97 Å². The van der Waals surface area contributed by atoms with Crippen molar-refractivity contribution in [2.75, 3.05) is 18.0 Å². The average Bonchev–Trinajstić information content (AvgIpc) is 3.04. The fourth-order valence-corrected chi connectivity index (χ4v) is 5.27. The van der Waals surface area contributed by atoms with Crippen LogP contribution < -0.4 is 34.2 Å².